The number of carbonyl (C=O) groups is 1. The monoisotopic (exact) mass is 672 g/mol. The Balaban J connectivity index is 1.42. The molecule has 1 saturated carbocycles. The molecule has 0 heterocycles. The Kier molecular flexibility index (Phi) is 9.96. The molecule has 5 atom stereocenters. The van der Waals surface area contributed by atoms with Gasteiger partial charge in [0.25, 0.3) is 0 Å². The first-order chi connectivity index (χ1) is 22.2. The zero-order chi connectivity index (χ0) is 34.1. The molecule has 2 aromatic carbocycles. The molecule has 10 heteroatoms. The number of hydrogen-bond donors (Lipinski definition) is 3. The molecule has 4 nitrogen and oxygen atoms in total. The average molecular weight is 673 g/mol. The largest absolute Gasteiger partial charge is 0.456 e. The first kappa shape index (κ1) is 34.7. The molecule has 3 N–H and O–H groups in total. The fraction of sp³-hybridized carbons (Fsp3) is 0.432. The summed E-state index contributed by atoms with van der Waals surface area (Å²) in [6.07, 6.45) is -5.00. The molecule has 0 radical (unpaired) electrons. The van der Waals surface area contributed by atoms with E-state index in [1.807, 2.05) is 24.3 Å². The molecule has 0 amide bonds. The first-order valence-corrected chi connectivity index (χ1v) is 16.2. The fourth-order valence-corrected chi connectivity index (χ4v) is 7.96. The number of fused-ring (bicyclic) bond motifs is 2. The second-order valence-corrected chi connectivity index (χ2v) is 13.3. The summed E-state index contributed by atoms with van der Waals surface area (Å²) in [7, 11) is 0. The van der Waals surface area contributed by atoms with E-state index < -0.39 is 35.5 Å². The van der Waals surface area contributed by atoms with E-state index in [4.69, 9.17) is 11.6 Å². The van der Waals surface area contributed by atoms with Crippen LogP contribution in [0.5, 0.6) is 0 Å². The van der Waals surface area contributed by atoms with Crippen molar-refractivity contribution in [3.05, 3.63) is 99.9 Å². The van der Waals surface area contributed by atoms with E-state index in [-0.39, 0.29) is 18.1 Å². The lowest BCUT2D eigenvalue weighted by Gasteiger charge is -2.56. The van der Waals surface area contributed by atoms with Crippen molar-refractivity contribution >= 4 is 23.1 Å². The van der Waals surface area contributed by atoms with Crippen LogP contribution in [0, 0.1) is 29.1 Å². The predicted molar refractivity (Wildman–Crippen MR) is 174 cm³/mol. The topological polar surface area (TPSA) is 61.4 Å². The molecule has 47 heavy (non-hydrogen) atoms. The minimum Gasteiger partial charge on any atom is -0.386 e. The van der Waals surface area contributed by atoms with Crippen LogP contribution < -0.4 is 10.6 Å². The normalized spacial score (nSPS) is 25.1. The van der Waals surface area contributed by atoms with Crippen LogP contribution in [0.25, 0.3) is 0 Å². The van der Waals surface area contributed by atoms with Crippen molar-refractivity contribution < 1.29 is 31.9 Å². The lowest BCUT2D eigenvalue weighted by Crippen LogP contribution is -2.59. The van der Waals surface area contributed by atoms with Gasteiger partial charge in [-0.25, -0.2) is 0 Å². The van der Waals surface area contributed by atoms with E-state index in [1.165, 1.54) is 6.92 Å². The Bertz CT molecular complexity index is 1640. The number of aliphatic hydroxyl groups is 1. The molecular weight excluding hydrogens is 635 g/mol. The highest BCUT2D eigenvalue weighted by molar-refractivity contribution is 6.30. The molecule has 250 valence electrons. The van der Waals surface area contributed by atoms with Crippen molar-refractivity contribution in [2.75, 3.05) is 11.9 Å². The standard InChI is InChI=1S/C37H38ClF5N2O2/c1-4-32-30-17-11-25-20-28(46)16-18-29(25)33(30)31(21-35(32,3)34(47)36(39,40)37(41,42)43)24-9-7-23(8-10-24)6-5-19-44-22(2)45-27-14-12-26(38)13-15-27/h7-10,12-15,20,30-32,34,44-45,47H,2,4,11,16-19,21H2,1,3H3/t30?,31-,32?,34?,35+/m1/s1. The molecule has 0 spiro atoms. The van der Waals surface area contributed by atoms with Crippen molar-refractivity contribution in [1.29, 1.82) is 0 Å². The number of allylic oxidation sites excluding steroid dienone is 4. The van der Waals surface area contributed by atoms with Crippen LogP contribution in [0.15, 0.2) is 83.7 Å². The second-order valence-electron chi connectivity index (χ2n) is 12.9. The van der Waals surface area contributed by atoms with E-state index in [2.05, 4.69) is 29.1 Å². The van der Waals surface area contributed by atoms with Crippen molar-refractivity contribution in [3.63, 3.8) is 0 Å². The van der Waals surface area contributed by atoms with E-state index >= 15 is 0 Å². The van der Waals surface area contributed by atoms with Gasteiger partial charge in [0.05, 0.1) is 12.4 Å². The SMILES string of the molecule is C=C(NCC#Cc1ccc([C@H]2C[C@](C)(C(O)C(F)(F)C(F)(F)F)C(CC)C3CCC4=CC(=O)CCC4=C32)cc1)Nc1ccc(Cl)cc1. The minimum absolute atomic E-state index is 0.0361. The molecule has 0 saturated heterocycles. The maximum atomic E-state index is 14.8. The number of anilines is 1. The van der Waals surface area contributed by atoms with Crippen molar-refractivity contribution in [1.82, 2.24) is 5.32 Å². The third kappa shape index (κ3) is 7.00. The molecule has 5 rings (SSSR count). The van der Waals surface area contributed by atoms with Crippen LogP contribution in [0.1, 0.15) is 69.4 Å². The lowest BCUT2D eigenvalue weighted by molar-refractivity contribution is -0.333. The summed E-state index contributed by atoms with van der Waals surface area (Å²) in [5.41, 5.74) is 3.49. The number of halogens is 6. The van der Waals surface area contributed by atoms with Crippen molar-refractivity contribution in [2.24, 2.45) is 17.3 Å². The van der Waals surface area contributed by atoms with Gasteiger partial charge in [-0.2, -0.15) is 22.0 Å². The highest BCUT2D eigenvalue weighted by Gasteiger charge is 2.68. The first-order valence-electron chi connectivity index (χ1n) is 15.8. The zero-order valence-electron chi connectivity index (χ0n) is 26.3. The van der Waals surface area contributed by atoms with Crippen LogP contribution >= 0.6 is 11.6 Å². The summed E-state index contributed by atoms with van der Waals surface area (Å²) in [5, 5.41) is 17.7. The Morgan fingerprint density at radius 2 is 1.77 bits per heavy atom. The van der Waals surface area contributed by atoms with E-state index in [1.54, 1.807) is 37.3 Å². The van der Waals surface area contributed by atoms with Gasteiger partial charge in [0.1, 0.15) is 6.10 Å². The third-order valence-electron chi connectivity index (χ3n) is 10.0. The summed E-state index contributed by atoms with van der Waals surface area (Å²) in [6.45, 7) is 7.41. The summed E-state index contributed by atoms with van der Waals surface area (Å²) >= 11 is 5.92. The average Bonchev–Trinajstić information content (AvgIpc) is 3.03. The maximum Gasteiger partial charge on any atom is 0.456 e. The third-order valence-corrected chi connectivity index (χ3v) is 10.3. The predicted octanol–water partition coefficient (Wildman–Crippen LogP) is 8.94. The highest BCUT2D eigenvalue weighted by atomic mass is 35.5. The number of ketones is 1. The summed E-state index contributed by atoms with van der Waals surface area (Å²) in [4.78, 5) is 12.3. The molecule has 0 aliphatic heterocycles. The van der Waals surface area contributed by atoms with Crippen LogP contribution in [0.3, 0.4) is 0 Å². The summed E-state index contributed by atoms with van der Waals surface area (Å²) < 4.78 is 70.4. The quantitative estimate of drug-likeness (QED) is 0.194. The van der Waals surface area contributed by atoms with E-state index in [0.717, 1.165) is 28.0 Å². The lowest BCUT2D eigenvalue weighted by atomic mass is 9.50. The van der Waals surface area contributed by atoms with Crippen molar-refractivity contribution in [3.8, 4) is 11.8 Å². The van der Waals surface area contributed by atoms with Gasteiger partial charge in [-0.05, 0) is 96.7 Å². The Labute approximate surface area is 277 Å². The molecule has 2 aromatic rings. The molecule has 0 aromatic heterocycles. The smallest absolute Gasteiger partial charge is 0.386 e. The number of alkyl halides is 5. The number of aliphatic hydroxyl groups excluding tert-OH is 1. The van der Waals surface area contributed by atoms with Crippen LogP contribution in [-0.2, 0) is 4.79 Å². The summed E-state index contributed by atoms with van der Waals surface area (Å²) in [5.74, 6) is -0.000884. The number of hydrogen-bond acceptors (Lipinski definition) is 4. The Morgan fingerprint density at radius 3 is 2.40 bits per heavy atom. The van der Waals surface area contributed by atoms with Gasteiger partial charge in [-0.3, -0.25) is 4.79 Å². The molecule has 3 aliphatic rings. The van der Waals surface area contributed by atoms with Gasteiger partial charge in [0.2, 0.25) is 0 Å². The highest BCUT2D eigenvalue weighted by Crippen LogP contribution is 2.62. The molecule has 3 unspecified atom stereocenters. The van der Waals surface area contributed by atoms with E-state index in [9.17, 15) is 31.9 Å². The number of nitrogens with one attached hydrogen (secondary N) is 2. The maximum absolute atomic E-state index is 14.8. The van der Waals surface area contributed by atoms with Gasteiger partial charge in [-0.15, -0.1) is 0 Å². The molecule has 1 fully saturated rings. The number of benzene rings is 2. The van der Waals surface area contributed by atoms with Gasteiger partial charge in [0.15, 0.2) is 5.78 Å². The molecular formula is C37H38ClF5N2O2. The molecule has 0 bridgehead atoms. The second kappa shape index (κ2) is 13.5. The molecule has 3 aliphatic carbocycles. The van der Waals surface area contributed by atoms with Crippen molar-refractivity contribution in [2.45, 2.75) is 76.5 Å². The van der Waals surface area contributed by atoms with Crippen LogP contribution in [0.4, 0.5) is 27.6 Å². The minimum atomic E-state index is -5.89. The number of rotatable bonds is 8. The van der Waals surface area contributed by atoms with Crippen LogP contribution in [0.2, 0.25) is 5.02 Å². The van der Waals surface area contributed by atoms with Gasteiger partial charge >= 0.3 is 12.1 Å². The van der Waals surface area contributed by atoms with E-state index in [0.29, 0.717) is 55.1 Å². The van der Waals surface area contributed by atoms with Gasteiger partial charge in [-0.1, -0.05) is 68.0 Å². The number of carbonyl (C=O) groups excluding carboxylic acids is 1. The van der Waals surface area contributed by atoms with Gasteiger partial charge < -0.3 is 15.7 Å². The van der Waals surface area contributed by atoms with Crippen LogP contribution in [-0.4, -0.2) is 35.6 Å². The van der Waals surface area contributed by atoms with Gasteiger partial charge in [0, 0.05) is 34.0 Å². The Morgan fingerprint density at radius 1 is 1.09 bits per heavy atom. The zero-order valence-corrected chi connectivity index (χ0v) is 27.0. The summed E-state index contributed by atoms with van der Waals surface area (Å²) in [6, 6.07) is 14.4. The fourth-order valence-electron chi connectivity index (χ4n) is 7.83. The Hall–Kier alpha value is -3.61.